The molecule has 0 unspecified atom stereocenters. The van der Waals surface area contributed by atoms with Crippen molar-refractivity contribution < 1.29 is 18.7 Å². The van der Waals surface area contributed by atoms with Gasteiger partial charge in [-0.2, -0.15) is 0 Å². The summed E-state index contributed by atoms with van der Waals surface area (Å²) in [5, 5.41) is 0. The zero-order valence-corrected chi connectivity index (χ0v) is 15.7. The highest BCUT2D eigenvalue weighted by atomic mass is 19.1. The van der Waals surface area contributed by atoms with Crippen molar-refractivity contribution >= 4 is 23.1 Å². The molecule has 2 aromatic rings. The molecule has 0 radical (unpaired) electrons. The molecule has 6 nitrogen and oxygen atoms in total. The Labute approximate surface area is 163 Å². The standard InChI is InChI=1S/C21H22FN3O3/c1-2-28-19-6-4-3-5-17(19)24-11-9-23(10-12-24)14-25-18-13-15(22)7-8-16(18)20(26)21(25)27/h3-8,13H,2,9-12,14H2,1H3. The Bertz CT molecular complexity index is 910. The molecule has 0 saturated carbocycles. The van der Waals surface area contributed by atoms with Crippen LogP contribution < -0.4 is 14.5 Å². The third kappa shape index (κ3) is 3.33. The molecule has 0 aromatic heterocycles. The number of rotatable bonds is 5. The lowest BCUT2D eigenvalue weighted by atomic mass is 10.1. The predicted octanol–water partition coefficient (Wildman–Crippen LogP) is 2.53. The highest BCUT2D eigenvalue weighted by Gasteiger charge is 2.37. The summed E-state index contributed by atoms with van der Waals surface area (Å²) in [4.78, 5) is 30.2. The van der Waals surface area contributed by atoms with E-state index in [4.69, 9.17) is 4.74 Å². The van der Waals surface area contributed by atoms with Gasteiger partial charge >= 0.3 is 5.91 Å². The number of anilines is 2. The second kappa shape index (κ2) is 7.59. The summed E-state index contributed by atoms with van der Waals surface area (Å²) in [6, 6.07) is 11.8. The average Bonchev–Trinajstić information content (AvgIpc) is 2.94. The Hall–Kier alpha value is -2.93. The number of ether oxygens (including phenoxy) is 1. The number of ketones is 1. The van der Waals surface area contributed by atoms with Gasteiger partial charge < -0.3 is 9.64 Å². The number of fused-ring (bicyclic) bond motifs is 1. The van der Waals surface area contributed by atoms with Crippen molar-refractivity contribution in [3.05, 3.63) is 53.8 Å². The molecule has 2 aliphatic heterocycles. The van der Waals surface area contributed by atoms with Crippen molar-refractivity contribution in [3.63, 3.8) is 0 Å². The number of Topliss-reactive ketones (excluding diaryl/α,β-unsaturated/α-hetero) is 1. The third-order valence-corrected chi connectivity index (χ3v) is 5.15. The van der Waals surface area contributed by atoms with Crippen LogP contribution in [0, 0.1) is 5.82 Å². The molecule has 0 N–H and O–H groups in total. The van der Waals surface area contributed by atoms with Crippen LogP contribution in [-0.2, 0) is 4.79 Å². The Morgan fingerprint density at radius 2 is 1.75 bits per heavy atom. The highest BCUT2D eigenvalue weighted by molar-refractivity contribution is 6.52. The van der Waals surface area contributed by atoms with Gasteiger partial charge in [0.2, 0.25) is 0 Å². The van der Waals surface area contributed by atoms with Crippen molar-refractivity contribution in [3.8, 4) is 5.75 Å². The third-order valence-electron chi connectivity index (χ3n) is 5.15. The Balaban J connectivity index is 1.44. The number of carbonyl (C=O) groups excluding carboxylic acids is 2. The van der Waals surface area contributed by atoms with Gasteiger partial charge in [0.1, 0.15) is 11.6 Å². The smallest absolute Gasteiger partial charge is 0.300 e. The highest BCUT2D eigenvalue weighted by Crippen LogP contribution is 2.31. The molecule has 0 bridgehead atoms. The van der Waals surface area contributed by atoms with E-state index in [1.54, 1.807) is 0 Å². The Morgan fingerprint density at radius 3 is 2.50 bits per heavy atom. The molecule has 2 aromatic carbocycles. The van der Waals surface area contributed by atoms with Crippen LogP contribution >= 0.6 is 0 Å². The fourth-order valence-electron chi connectivity index (χ4n) is 3.73. The first-order chi connectivity index (χ1) is 13.6. The van der Waals surface area contributed by atoms with E-state index >= 15 is 0 Å². The number of amides is 1. The molecule has 7 heteroatoms. The number of hydrogen-bond donors (Lipinski definition) is 0. The van der Waals surface area contributed by atoms with Crippen LogP contribution in [0.15, 0.2) is 42.5 Å². The van der Waals surface area contributed by atoms with Gasteiger partial charge in [0.05, 0.1) is 30.2 Å². The second-order valence-corrected chi connectivity index (χ2v) is 6.87. The molecule has 1 amide bonds. The lowest BCUT2D eigenvalue weighted by Gasteiger charge is -2.38. The van der Waals surface area contributed by atoms with Gasteiger partial charge in [-0.05, 0) is 37.3 Å². The monoisotopic (exact) mass is 383 g/mol. The summed E-state index contributed by atoms with van der Waals surface area (Å²) in [5.74, 6) is -0.754. The molecule has 0 atom stereocenters. The molecular formula is C21H22FN3O3. The zero-order chi connectivity index (χ0) is 19.7. The van der Waals surface area contributed by atoms with E-state index in [-0.39, 0.29) is 12.2 Å². The summed E-state index contributed by atoms with van der Waals surface area (Å²) in [7, 11) is 0. The minimum absolute atomic E-state index is 0.274. The Kier molecular flexibility index (Phi) is 5.00. The largest absolute Gasteiger partial charge is 0.492 e. The van der Waals surface area contributed by atoms with Crippen LogP contribution in [0.2, 0.25) is 0 Å². The van der Waals surface area contributed by atoms with Gasteiger partial charge in [0.25, 0.3) is 5.78 Å². The number of halogens is 1. The van der Waals surface area contributed by atoms with Crippen molar-refractivity contribution in [1.29, 1.82) is 0 Å². The van der Waals surface area contributed by atoms with E-state index in [0.29, 0.717) is 12.3 Å². The molecule has 28 heavy (non-hydrogen) atoms. The van der Waals surface area contributed by atoms with Gasteiger partial charge in [0.15, 0.2) is 0 Å². The van der Waals surface area contributed by atoms with Crippen molar-refractivity contribution in [2.45, 2.75) is 6.92 Å². The number of para-hydroxylation sites is 2. The Morgan fingerprint density at radius 1 is 1.00 bits per heavy atom. The van der Waals surface area contributed by atoms with E-state index in [1.807, 2.05) is 31.2 Å². The molecule has 4 rings (SSSR count). The minimum atomic E-state index is -0.593. The first kappa shape index (κ1) is 18.4. The van der Waals surface area contributed by atoms with Crippen LogP contribution in [-0.4, -0.2) is 56.0 Å². The molecule has 1 saturated heterocycles. The van der Waals surface area contributed by atoms with Crippen LogP contribution in [0.4, 0.5) is 15.8 Å². The molecule has 0 spiro atoms. The minimum Gasteiger partial charge on any atom is -0.492 e. The molecule has 146 valence electrons. The van der Waals surface area contributed by atoms with E-state index in [1.165, 1.54) is 23.1 Å². The lowest BCUT2D eigenvalue weighted by molar-refractivity contribution is -0.114. The van der Waals surface area contributed by atoms with Gasteiger partial charge in [0, 0.05) is 26.2 Å². The van der Waals surface area contributed by atoms with Crippen LogP contribution in [0.3, 0.4) is 0 Å². The normalized spacial score (nSPS) is 17.2. The van der Waals surface area contributed by atoms with Gasteiger partial charge in [-0.1, -0.05) is 12.1 Å². The maximum atomic E-state index is 13.6. The maximum absolute atomic E-state index is 13.6. The second-order valence-electron chi connectivity index (χ2n) is 6.87. The molecule has 0 aliphatic carbocycles. The first-order valence-electron chi connectivity index (χ1n) is 9.43. The zero-order valence-electron chi connectivity index (χ0n) is 15.7. The van der Waals surface area contributed by atoms with E-state index in [0.717, 1.165) is 37.6 Å². The van der Waals surface area contributed by atoms with Crippen LogP contribution in [0.25, 0.3) is 0 Å². The van der Waals surface area contributed by atoms with E-state index in [9.17, 15) is 14.0 Å². The molecular weight excluding hydrogens is 361 g/mol. The fraction of sp³-hybridized carbons (Fsp3) is 0.333. The summed E-state index contributed by atoms with van der Waals surface area (Å²) in [5.41, 5.74) is 1.69. The van der Waals surface area contributed by atoms with Crippen LogP contribution in [0.1, 0.15) is 17.3 Å². The summed E-state index contributed by atoms with van der Waals surface area (Å²) >= 11 is 0. The first-order valence-corrected chi connectivity index (χ1v) is 9.43. The number of benzene rings is 2. The van der Waals surface area contributed by atoms with Gasteiger partial charge in [-0.3, -0.25) is 19.4 Å². The fourth-order valence-corrected chi connectivity index (χ4v) is 3.73. The summed E-state index contributed by atoms with van der Waals surface area (Å²) < 4.78 is 19.3. The average molecular weight is 383 g/mol. The van der Waals surface area contributed by atoms with Crippen LogP contribution in [0.5, 0.6) is 5.75 Å². The molecule has 1 fully saturated rings. The predicted molar refractivity (Wildman–Crippen MR) is 104 cm³/mol. The molecule has 2 heterocycles. The van der Waals surface area contributed by atoms with Gasteiger partial charge in [-0.25, -0.2) is 4.39 Å². The van der Waals surface area contributed by atoms with Crippen molar-refractivity contribution in [2.75, 3.05) is 49.3 Å². The van der Waals surface area contributed by atoms with E-state index < -0.39 is 17.5 Å². The van der Waals surface area contributed by atoms with Gasteiger partial charge in [-0.15, -0.1) is 0 Å². The van der Waals surface area contributed by atoms with E-state index in [2.05, 4.69) is 9.80 Å². The number of carbonyl (C=O) groups is 2. The number of piperazine rings is 1. The maximum Gasteiger partial charge on any atom is 0.300 e. The number of hydrogen-bond acceptors (Lipinski definition) is 5. The van der Waals surface area contributed by atoms with Crippen molar-refractivity contribution in [1.82, 2.24) is 4.90 Å². The lowest BCUT2D eigenvalue weighted by Crippen LogP contribution is -2.51. The SMILES string of the molecule is CCOc1ccccc1N1CCN(CN2C(=O)C(=O)c3ccc(F)cc32)CC1. The summed E-state index contributed by atoms with van der Waals surface area (Å²) in [6.07, 6.45) is 0. The summed E-state index contributed by atoms with van der Waals surface area (Å²) in [6.45, 7) is 5.85. The topological polar surface area (TPSA) is 53.1 Å². The molecule has 2 aliphatic rings. The quantitative estimate of drug-likeness (QED) is 0.743. The van der Waals surface area contributed by atoms with Crippen molar-refractivity contribution in [2.24, 2.45) is 0 Å². The number of nitrogens with zero attached hydrogens (tertiary/aromatic N) is 3.